The third-order valence-corrected chi connectivity index (χ3v) is 5.72. The number of aromatic nitrogens is 3. The summed E-state index contributed by atoms with van der Waals surface area (Å²) in [5.41, 5.74) is 10.3. The molecule has 1 amide bonds. The van der Waals surface area contributed by atoms with E-state index in [1.165, 1.54) is 0 Å². The maximum absolute atomic E-state index is 12.9. The monoisotopic (exact) mass is 383 g/mol. The van der Waals surface area contributed by atoms with Gasteiger partial charge in [0.05, 0.1) is 10.8 Å². The van der Waals surface area contributed by atoms with Gasteiger partial charge in [-0.1, -0.05) is 42.5 Å². The van der Waals surface area contributed by atoms with Crippen LogP contribution < -0.4 is 11.1 Å². The molecule has 0 saturated heterocycles. The van der Waals surface area contributed by atoms with Crippen LogP contribution in [-0.2, 0) is 17.3 Å². The molecule has 1 aliphatic carbocycles. The van der Waals surface area contributed by atoms with Gasteiger partial charge >= 0.3 is 0 Å². The van der Waals surface area contributed by atoms with Crippen LogP contribution in [-0.4, -0.2) is 20.7 Å². The second kappa shape index (κ2) is 6.44. The average Bonchev–Trinajstić information content (AvgIpc) is 3.51. The Morgan fingerprint density at radius 3 is 2.48 bits per heavy atom. The molecule has 4 aromatic rings. The molecule has 5 rings (SSSR count). The molecule has 0 spiro atoms. The molecule has 6 heteroatoms. The van der Waals surface area contributed by atoms with Gasteiger partial charge in [0.2, 0.25) is 5.91 Å². The number of anilines is 2. The second-order valence-electron chi connectivity index (χ2n) is 7.55. The maximum Gasteiger partial charge on any atom is 0.235 e. The van der Waals surface area contributed by atoms with Gasteiger partial charge in [0.15, 0.2) is 11.5 Å². The fourth-order valence-corrected chi connectivity index (χ4v) is 3.96. The van der Waals surface area contributed by atoms with Crippen LogP contribution in [0.4, 0.5) is 11.5 Å². The Labute approximate surface area is 168 Å². The molecule has 0 unspecified atom stereocenters. The van der Waals surface area contributed by atoms with Crippen molar-refractivity contribution in [3.05, 3.63) is 72.4 Å². The summed E-state index contributed by atoms with van der Waals surface area (Å²) in [5.74, 6) is 0.515. The summed E-state index contributed by atoms with van der Waals surface area (Å²) in [7, 11) is 1.83. The first kappa shape index (κ1) is 17.4. The lowest BCUT2D eigenvalue weighted by molar-refractivity contribution is -0.118. The van der Waals surface area contributed by atoms with Crippen LogP contribution in [0.25, 0.3) is 22.2 Å². The van der Waals surface area contributed by atoms with Gasteiger partial charge in [-0.05, 0) is 47.7 Å². The largest absolute Gasteiger partial charge is 0.382 e. The van der Waals surface area contributed by atoms with Crippen LogP contribution in [0.5, 0.6) is 0 Å². The number of nitrogen functional groups attached to an aromatic ring is 1. The number of rotatable bonds is 4. The summed E-state index contributed by atoms with van der Waals surface area (Å²) in [5, 5.41) is 8.19. The van der Waals surface area contributed by atoms with Crippen molar-refractivity contribution in [2.45, 2.75) is 18.3 Å². The molecule has 2 aromatic heterocycles. The van der Waals surface area contributed by atoms with Crippen molar-refractivity contribution in [1.82, 2.24) is 14.8 Å². The molecule has 29 heavy (non-hydrogen) atoms. The SMILES string of the molecule is Cn1nc(N)c2c(-c3ccc(NC(=O)C4(c5ccccc5)CC4)cc3)ccnc21. The van der Waals surface area contributed by atoms with Gasteiger partial charge in [-0.25, -0.2) is 9.67 Å². The fourth-order valence-electron chi connectivity index (χ4n) is 3.96. The molecule has 3 N–H and O–H groups in total. The lowest BCUT2D eigenvalue weighted by Gasteiger charge is -2.16. The molecule has 1 fully saturated rings. The van der Waals surface area contributed by atoms with Crippen molar-refractivity contribution >= 4 is 28.4 Å². The summed E-state index contributed by atoms with van der Waals surface area (Å²) in [6.45, 7) is 0. The van der Waals surface area contributed by atoms with Crippen molar-refractivity contribution in [3.8, 4) is 11.1 Å². The van der Waals surface area contributed by atoms with Crippen LogP contribution in [0, 0.1) is 0 Å². The topological polar surface area (TPSA) is 85.8 Å². The van der Waals surface area contributed by atoms with E-state index in [-0.39, 0.29) is 11.3 Å². The summed E-state index contributed by atoms with van der Waals surface area (Å²) in [6, 6.07) is 19.8. The second-order valence-corrected chi connectivity index (χ2v) is 7.55. The van der Waals surface area contributed by atoms with E-state index in [1.807, 2.05) is 67.7 Å². The minimum atomic E-state index is -0.388. The highest BCUT2D eigenvalue weighted by molar-refractivity contribution is 6.02. The van der Waals surface area contributed by atoms with E-state index in [1.54, 1.807) is 10.9 Å². The molecule has 0 aliphatic heterocycles. The minimum absolute atomic E-state index is 0.0549. The van der Waals surface area contributed by atoms with Crippen LogP contribution >= 0.6 is 0 Å². The number of carbonyl (C=O) groups excluding carboxylic acids is 1. The lowest BCUT2D eigenvalue weighted by Crippen LogP contribution is -2.27. The van der Waals surface area contributed by atoms with Crippen molar-refractivity contribution < 1.29 is 4.79 Å². The van der Waals surface area contributed by atoms with Gasteiger partial charge in [-0.2, -0.15) is 5.10 Å². The molecule has 6 nitrogen and oxygen atoms in total. The molecule has 1 saturated carbocycles. The first-order chi connectivity index (χ1) is 14.1. The van der Waals surface area contributed by atoms with Crippen LogP contribution in [0.15, 0.2) is 66.9 Å². The number of hydrogen-bond donors (Lipinski definition) is 2. The zero-order valence-electron chi connectivity index (χ0n) is 16.1. The Morgan fingerprint density at radius 1 is 1.07 bits per heavy atom. The van der Waals surface area contributed by atoms with Crippen LogP contribution in [0.3, 0.4) is 0 Å². The number of nitrogens with zero attached hydrogens (tertiary/aromatic N) is 3. The highest BCUT2D eigenvalue weighted by Crippen LogP contribution is 2.49. The quantitative estimate of drug-likeness (QED) is 0.560. The Morgan fingerprint density at radius 2 is 1.79 bits per heavy atom. The number of hydrogen-bond acceptors (Lipinski definition) is 4. The van der Waals surface area contributed by atoms with Crippen molar-refractivity contribution in [3.63, 3.8) is 0 Å². The zero-order chi connectivity index (χ0) is 20.0. The molecule has 0 radical (unpaired) electrons. The Bertz CT molecular complexity index is 1210. The maximum atomic E-state index is 12.9. The number of amides is 1. The van der Waals surface area contributed by atoms with Gasteiger partial charge in [0.25, 0.3) is 0 Å². The number of nitrogens with two attached hydrogens (primary N) is 1. The summed E-state index contributed by atoms with van der Waals surface area (Å²) in [6.07, 6.45) is 3.53. The standard InChI is InChI=1S/C23H21N5O/c1-28-21-19(20(24)27-28)18(11-14-25-21)15-7-9-17(10-8-15)26-22(29)23(12-13-23)16-5-3-2-4-6-16/h2-11,14H,12-13H2,1H3,(H2,24,27)(H,26,29). The van der Waals surface area contributed by atoms with Gasteiger partial charge in [-0.15, -0.1) is 0 Å². The minimum Gasteiger partial charge on any atom is -0.382 e. The van der Waals surface area contributed by atoms with E-state index in [9.17, 15) is 4.79 Å². The third kappa shape index (κ3) is 2.84. The number of aryl methyl sites for hydroxylation is 1. The Balaban J connectivity index is 1.41. The lowest BCUT2D eigenvalue weighted by atomic mass is 9.95. The number of nitrogens with one attached hydrogen (secondary N) is 1. The molecular weight excluding hydrogens is 362 g/mol. The zero-order valence-corrected chi connectivity index (χ0v) is 16.1. The van der Waals surface area contributed by atoms with Gasteiger partial charge in [0.1, 0.15) is 0 Å². The highest BCUT2D eigenvalue weighted by Gasteiger charge is 2.51. The summed E-state index contributed by atoms with van der Waals surface area (Å²) in [4.78, 5) is 17.3. The number of fused-ring (bicyclic) bond motifs is 1. The third-order valence-electron chi connectivity index (χ3n) is 5.72. The molecular formula is C23H21N5O. The number of pyridine rings is 1. The molecule has 1 aliphatic rings. The first-order valence-electron chi connectivity index (χ1n) is 9.63. The van der Waals surface area contributed by atoms with E-state index in [2.05, 4.69) is 15.4 Å². The van der Waals surface area contributed by atoms with Gasteiger partial charge in [-0.3, -0.25) is 4.79 Å². The van der Waals surface area contributed by atoms with E-state index in [0.717, 1.165) is 46.3 Å². The van der Waals surface area contributed by atoms with E-state index in [4.69, 9.17) is 5.73 Å². The van der Waals surface area contributed by atoms with Crippen LogP contribution in [0.2, 0.25) is 0 Å². The molecule has 0 atom stereocenters. The smallest absolute Gasteiger partial charge is 0.235 e. The molecule has 144 valence electrons. The summed E-state index contributed by atoms with van der Waals surface area (Å²) >= 11 is 0. The normalized spacial score (nSPS) is 14.7. The molecule has 2 heterocycles. The van der Waals surface area contributed by atoms with Crippen LogP contribution in [0.1, 0.15) is 18.4 Å². The average molecular weight is 383 g/mol. The molecule has 0 bridgehead atoms. The number of benzene rings is 2. The number of carbonyl (C=O) groups is 1. The van der Waals surface area contributed by atoms with Crippen molar-refractivity contribution in [2.75, 3.05) is 11.1 Å². The Kier molecular flexibility index (Phi) is 3.87. The van der Waals surface area contributed by atoms with E-state index in [0.29, 0.717) is 5.82 Å². The van der Waals surface area contributed by atoms with Crippen molar-refractivity contribution in [1.29, 1.82) is 0 Å². The van der Waals surface area contributed by atoms with Gasteiger partial charge < -0.3 is 11.1 Å². The van der Waals surface area contributed by atoms with Gasteiger partial charge in [0, 0.05) is 18.9 Å². The Hall–Kier alpha value is -3.67. The predicted octanol–water partition coefficient (Wildman–Crippen LogP) is 3.89. The van der Waals surface area contributed by atoms with E-state index >= 15 is 0 Å². The van der Waals surface area contributed by atoms with Crippen molar-refractivity contribution in [2.24, 2.45) is 7.05 Å². The van der Waals surface area contributed by atoms with E-state index < -0.39 is 0 Å². The summed E-state index contributed by atoms with van der Waals surface area (Å²) < 4.78 is 1.68. The predicted molar refractivity (Wildman–Crippen MR) is 114 cm³/mol. The highest BCUT2D eigenvalue weighted by atomic mass is 16.2. The molecule has 2 aromatic carbocycles. The first-order valence-corrected chi connectivity index (χ1v) is 9.63. The fraction of sp³-hybridized carbons (Fsp3) is 0.174.